The second-order valence-electron chi connectivity index (χ2n) is 9.86. The minimum atomic E-state index is -0.0815. The summed E-state index contributed by atoms with van der Waals surface area (Å²) in [5, 5.41) is 0. The second kappa shape index (κ2) is 5.93. The molecule has 1 spiro atoms. The lowest BCUT2D eigenvalue weighted by molar-refractivity contribution is -0.147. The highest BCUT2D eigenvalue weighted by atomic mass is 16.6. The summed E-state index contributed by atoms with van der Waals surface area (Å²) in [6.07, 6.45) is 4.84. The molecule has 0 aromatic rings. The maximum Gasteiger partial charge on any atom is 0.311 e. The van der Waals surface area contributed by atoms with Gasteiger partial charge in [0.2, 0.25) is 5.91 Å². The molecule has 0 unspecified atom stereocenters. The van der Waals surface area contributed by atoms with E-state index in [4.69, 9.17) is 9.47 Å². The Balaban J connectivity index is 1.32. The van der Waals surface area contributed by atoms with E-state index < -0.39 is 0 Å². The normalized spacial score (nSPS) is 49.1. The van der Waals surface area contributed by atoms with Crippen LogP contribution in [0.1, 0.15) is 46.5 Å². The average molecular weight is 376 g/mol. The molecule has 7 atom stereocenters. The fourth-order valence-corrected chi connectivity index (χ4v) is 6.97. The fourth-order valence-electron chi connectivity index (χ4n) is 6.97. The Labute approximate surface area is 161 Å². The number of fused-ring (bicyclic) bond motifs is 2. The molecule has 3 saturated heterocycles. The SMILES string of the molecule is CC(=O)N1CCN(C[C@H]2C(=O)O[C@@H]3C[C@@]4(C)CCC[C@H](C)[C@@]45O[C@H]5[C@@H]32)CC1. The van der Waals surface area contributed by atoms with Crippen molar-refractivity contribution in [2.75, 3.05) is 32.7 Å². The zero-order valence-corrected chi connectivity index (χ0v) is 16.8. The van der Waals surface area contributed by atoms with Crippen LogP contribution in [0.5, 0.6) is 0 Å². The number of carbonyl (C=O) groups excluding carboxylic acids is 2. The number of ether oxygens (including phenoxy) is 2. The Morgan fingerprint density at radius 1 is 1.26 bits per heavy atom. The maximum atomic E-state index is 12.8. The molecule has 2 aliphatic carbocycles. The van der Waals surface area contributed by atoms with Crippen LogP contribution in [0.2, 0.25) is 0 Å². The molecule has 1 amide bonds. The van der Waals surface area contributed by atoms with E-state index in [0.717, 1.165) is 39.1 Å². The molecule has 2 saturated carbocycles. The number of esters is 1. The second-order valence-corrected chi connectivity index (χ2v) is 9.86. The summed E-state index contributed by atoms with van der Waals surface area (Å²) in [5.41, 5.74) is 0.130. The number of amides is 1. The third-order valence-electron chi connectivity index (χ3n) is 8.47. The molecular weight excluding hydrogens is 344 g/mol. The van der Waals surface area contributed by atoms with Gasteiger partial charge >= 0.3 is 5.97 Å². The van der Waals surface area contributed by atoms with Gasteiger partial charge in [-0.25, -0.2) is 0 Å². The van der Waals surface area contributed by atoms with E-state index in [1.54, 1.807) is 6.92 Å². The zero-order chi connectivity index (χ0) is 19.0. The van der Waals surface area contributed by atoms with Crippen LogP contribution in [0.15, 0.2) is 0 Å². The smallest absolute Gasteiger partial charge is 0.311 e. The minimum absolute atomic E-state index is 0.0219. The van der Waals surface area contributed by atoms with Crippen molar-refractivity contribution in [1.82, 2.24) is 9.80 Å². The highest BCUT2D eigenvalue weighted by Gasteiger charge is 2.78. The summed E-state index contributed by atoms with van der Waals surface area (Å²) in [5.74, 6) is 0.803. The Morgan fingerprint density at radius 3 is 2.70 bits per heavy atom. The standard InChI is InChI=1S/C21H32N2O4/c1-13-5-4-6-20(3)11-16-17(18-21(13,20)27-18)15(19(25)26-16)12-22-7-9-23(10-8-22)14(2)24/h13,15-18H,4-12H2,1-3H3/t13-,15+,16+,17+,18-,20+,21-/m0/s1. The molecule has 6 heteroatoms. The Bertz CT molecular complexity index is 661. The van der Waals surface area contributed by atoms with E-state index in [-0.39, 0.29) is 46.9 Å². The quantitative estimate of drug-likeness (QED) is 0.542. The van der Waals surface area contributed by atoms with Crippen molar-refractivity contribution in [2.24, 2.45) is 23.2 Å². The lowest BCUT2D eigenvalue weighted by Crippen LogP contribution is -2.55. The molecule has 0 radical (unpaired) electrons. The van der Waals surface area contributed by atoms with Crippen LogP contribution in [0.25, 0.3) is 0 Å². The van der Waals surface area contributed by atoms with E-state index >= 15 is 0 Å². The van der Waals surface area contributed by atoms with Gasteiger partial charge in [0, 0.05) is 51.0 Å². The molecule has 0 aromatic heterocycles. The van der Waals surface area contributed by atoms with Crippen molar-refractivity contribution >= 4 is 11.9 Å². The zero-order valence-electron chi connectivity index (χ0n) is 16.8. The van der Waals surface area contributed by atoms with Crippen molar-refractivity contribution in [3.63, 3.8) is 0 Å². The molecule has 5 rings (SSSR count). The molecule has 0 aromatic carbocycles. The molecule has 0 bridgehead atoms. The number of epoxide rings is 1. The van der Waals surface area contributed by atoms with Crippen LogP contribution in [0.4, 0.5) is 0 Å². The minimum Gasteiger partial charge on any atom is -0.462 e. The highest BCUT2D eigenvalue weighted by molar-refractivity contribution is 5.76. The Hall–Kier alpha value is -1.14. The first-order valence-electron chi connectivity index (χ1n) is 10.7. The van der Waals surface area contributed by atoms with Gasteiger partial charge in [0.1, 0.15) is 11.7 Å². The highest BCUT2D eigenvalue weighted by Crippen LogP contribution is 2.70. The Morgan fingerprint density at radius 2 is 2.00 bits per heavy atom. The van der Waals surface area contributed by atoms with E-state index in [0.29, 0.717) is 5.92 Å². The topological polar surface area (TPSA) is 62.4 Å². The van der Waals surface area contributed by atoms with Gasteiger partial charge in [0.15, 0.2) is 0 Å². The summed E-state index contributed by atoms with van der Waals surface area (Å²) in [6.45, 7) is 10.3. The van der Waals surface area contributed by atoms with Crippen LogP contribution in [0.3, 0.4) is 0 Å². The molecule has 5 fully saturated rings. The van der Waals surface area contributed by atoms with E-state index in [1.165, 1.54) is 19.3 Å². The largest absolute Gasteiger partial charge is 0.462 e. The van der Waals surface area contributed by atoms with Crippen LogP contribution in [-0.2, 0) is 19.1 Å². The van der Waals surface area contributed by atoms with Crippen molar-refractivity contribution in [3.05, 3.63) is 0 Å². The van der Waals surface area contributed by atoms with Crippen molar-refractivity contribution in [3.8, 4) is 0 Å². The lowest BCUT2D eigenvalue weighted by Gasteiger charge is -2.49. The fraction of sp³-hybridized carbons (Fsp3) is 0.905. The lowest BCUT2D eigenvalue weighted by atomic mass is 9.53. The summed E-state index contributed by atoms with van der Waals surface area (Å²) < 4.78 is 12.4. The molecule has 3 aliphatic heterocycles. The first-order chi connectivity index (χ1) is 12.9. The summed E-state index contributed by atoms with van der Waals surface area (Å²) in [6, 6.07) is 0. The van der Waals surface area contributed by atoms with Gasteiger partial charge in [-0.3, -0.25) is 14.5 Å². The number of rotatable bonds is 2. The first kappa shape index (κ1) is 17.9. The number of hydrogen-bond acceptors (Lipinski definition) is 5. The molecule has 3 heterocycles. The summed E-state index contributed by atoms with van der Waals surface area (Å²) >= 11 is 0. The molecule has 0 N–H and O–H groups in total. The summed E-state index contributed by atoms with van der Waals surface area (Å²) in [4.78, 5) is 28.5. The number of carbonyl (C=O) groups is 2. The summed E-state index contributed by atoms with van der Waals surface area (Å²) in [7, 11) is 0. The third-order valence-corrected chi connectivity index (χ3v) is 8.47. The average Bonchev–Trinajstić information content (AvgIpc) is 3.31. The predicted molar refractivity (Wildman–Crippen MR) is 98.9 cm³/mol. The van der Waals surface area contributed by atoms with Crippen LogP contribution in [0, 0.1) is 23.2 Å². The van der Waals surface area contributed by atoms with Crippen LogP contribution in [-0.4, -0.2) is 72.2 Å². The van der Waals surface area contributed by atoms with Gasteiger partial charge in [0.05, 0.1) is 12.0 Å². The van der Waals surface area contributed by atoms with Gasteiger partial charge in [-0.1, -0.05) is 20.3 Å². The van der Waals surface area contributed by atoms with Gasteiger partial charge in [-0.2, -0.15) is 0 Å². The van der Waals surface area contributed by atoms with Gasteiger partial charge in [-0.15, -0.1) is 0 Å². The monoisotopic (exact) mass is 376 g/mol. The molecular formula is C21H32N2O4. The molecule has 6 nitrogen and oxygen atoms in total. The van der Waals surface area contributed by atoms with Crippen molar-refractivity contribution < 1.29 is 19.1 Å². The van der Waals surface area contributed by atoms with Gasteiger partial charge in [0.25, 0.3) is 0 Å². The van der Waals surface area contributed by atoms with Gasteiger partial charge < -0.3 is 14.4 Å². The van der Waals surface area contributed by atoms with Gasteiger partial charge in [-0.05, 0) is 25.2 Å². The van der Waals surface area contributed by atoms with E-state index in [2.05, 4.69) is 18.7 Å². The first-order valence-corrected chi connectivity index (χ1v) is 10.7. The van der Waals surface area contributed by atoms with Crippen molar-refractivity contribution in [2.45, 2.75) is 64.3 Å². The van der Waals surface area contributed by atoms with Crippen LogP contribution >= 0.6 is 0 Å². The molecule has 150 valence electrons. The predicted octanol–water partition coefficient (Wildman–Crippen LogP) is 1.68. The van der Waals surface area contributed by atoms with E-state index in [1.807, 2.05) is 4.90 Å². The number of hydrogen-bond donors (Lipinski definition) is 0. The molecule has 5 aliphatic rings. The van der Waals surface area contributed by atoms with Crippen molar-refractivity contribution in [1.29, 1.82) is 0 Å². The third kappa shape index (κ3) is 2.45. The maximum absolute atomic E-state index is 12.8. The number of piperazine rings is 1. The number of nitrogens with zero attached hydrogens (tertiary/aromatic N) is 2. The van der Waals surface area contributed by atoms with Crippen LogP contribution < -0.4 is 0 Å². The Kier molecular flexibility index (Phi) is 3.94. The van der Waals surface area contributed by atoms with E-state index in [9.17, 15) is 9.59 Å². The molecule has 27 heavy (non-hydrogen) atoms.